The van der Waals surface area contributed by atoms with Crippen LogP contribution in [0.2, 0.25) is 0 Å². The highest BCUT2D eigenvalue weighted by Gasteiger charge is 2.02. The Labute approximate surface area is 61.4 Å². The van der Waals surface area contributed by atoms with E-state index in [1.54, 1.807) is 0 Å². The molecule has 0 saturated heterocycles. The van der Waals surface area contributed by atoms with Crippen LogP contribution in [-0.2, 0) is 4.79 Å². The molecule has 1 heterocycles. The number of nitrogens with zero attached hydrogens (tertiary/aromatic N) is 2. The minimum Gasteiger partial charge on any atom is -0.368 e. The van der Waals surface area contributed by atoms with Crippen LogP contribution in [0.1, 0.15) is 6.92 Å². The first kappa shape index (κ1) is 7.07. The summed E-state index contributed by atoms with van der Waals surface area (Å²) in [5.74, 6) is 0.226. The van der Waals surface area contributed by atoms with Gasteiger partial charge >= 0.3 is 0 Å². The number of carbonyl (C=O) groups is 1. The molecule has 1 aromatic rings. The van der Waals surface area contributed by atoms with Crippen molar-refractivity contribution in [2.45, 2.75) is 12.1 Å². The molecular formula is C4H6N4OS. The van der Waals surface area contributed by atoms with Crippen molar-refractivity contribution in [3.63, 3.8) is 0 Å². The van der Waals surface area contributed by atoms with E-state index in [4.69, 9.17) is 5.73 Å². The molecule has 54 valence electrons. The van der Waals surface area contributed by atoms with E-state index < -0.39 is 0 Å². The zero-order valence-corrected chi connectivity index (χ0v) is 6.10. The second-order valence-electron chi connectivity index (χ2n) is 1.60. The van der Waals surface area contributed by atoms with Crippen LogP contribution < -0.4 is 5.73 Å². The predicted molar refractivity (Wildman–Crippen MR) is 37.3 cm³/mol. The molecule has 0 aromatic carbocycles. The van der Waals surface area contributed by atoms with E-state index >= 15 is 0 Å². The van der Waals surface area contributed by atoms with Gasteiger partial charge in [0.2, 0.25) is 11.1 Å². The van der Waals surface area contributed by atoms with Gasteiger partial charge in [-0.05, 0) is 11.8 Å². The van der Waals surface area contributed by atoms with Crippen molar-refractivity contribution in [2.24, 2.45) is 0 Å². The second-order valence-corrected chi connectivity index (χ2v) is 2.74. The number of aromatic nitrogens is 3. The zero-order chi connectivity index (χ0) is 7.56. The first-order valence-electron chi connectivity index (χ1n) is 2.55. The van der Waals surface area contributed by atoms with Gasteiger partial charge in [-0.25, -0.2) is 5.10 Å². The molecule has 0 saturated carbocycles. The molecule has 6 heteroatoms. The first-order chi connectivity index (χ1) is 4.68. The number of carbonyl (C=O) groups excluding carboxylic acids is 1. The maximum absolute atomic E-state index is 10.5. The van der Waals surface area contributed by atoms with E-state index in [0.29, 0.717) is 5.16 Å². The summed E-state index contributed by atoms with van der Waals surface area (Å²) in [4.78, 5) is 14.2. The third kappa shape index (κ3) is 1.73. The summed E-state index contributed by atoms with van der Waals surface area (Å²) in [6.45, 7) is 1.44. The third-order valence-electron chi connectivity index (χ3n) is 0.717. The second kappa shape index (κ2) is 2.70. The Morgan fingerprint density at radius 2 is 2.50 bits per heavy atom. The Balaban J connectivity index is 2.67. The molecule has 0 radical (unpaired) electrons. The third-order valence-corrected chi connectivity index (χ3v) is 1.37. The van der Waals surface area contributed by atoms with Crippen LogP contribution in [0.25, 0.3) is 0 Å². The van der Waals surface area contributed by atoms with Gasteiger partial charge in [0.15, 0.2) is 5.12 Å². The number of nitrogens with two attached hydrogens (primary N) is 1. The minimum atomic E-state index is -0.0565. The van der Waals surface area contributed by atoms with Crippen molar-refractivity contribution in [3.05, 3.63) is 0 Å². The van der Waals surface area contributed by atoms with Crippen molar-refractivity contribution >= 4 is 22.8 Å². The van der Waals surface area contributed by atoms with E-state index in [1.165, 1.54) is 6.92 Å². The highest BCUT2D eigenvalue weighted by Crippen LogP contribution is 2.12. The molecule has 1 aromatic heterocycles. The molecule has 0 atom stereocenters. The number of rotatable bonds is 1. The first-order valence-corrected chi connectivity index (χ1v) is 3.36. The Hall–Kier alpha value is -1.04. The van der Waals surface area contributed by atoms with E-state index in [1.807, 2.05) is 0 Å². The average molecular weight is 158 g/mol. The van der Waals surface area contributed by atoms with E-state index in [9.17, 15) is 4.79 Å². The van der Waals surface area contributed by atoms with E-state index in [-0.39, 0.29) is 11.1 Å². The lowest BCUT2D eigenvalue weighted by molar-refractivity contribution is -0.109. The fourth-order valence-corrected chi connectivity index (χ4v) is 0.925. The van der Waals surface area contributed by atoms with Gasteiger partial charge in [0.25, 0.3) is 0 Å². The maximum atomic E-state index is 10.5. The number of H-pyrrole nitrogens is 1. The SMILES string of the molecule is CC(=O)Sc1n[nH]c(N)n1. The summed E-state index contributed by atoms with van der Waals surface area (Å²) >= 11 is 0.947. The Kier molecular flexibility index (Phi) is 1.91. The summed E-state index contributed by atoms with van der Waals surface area (Å²) < 4.78 is 0. The van der Waals surface area contributed by atoms with Gasteiger partial charge in [-0.15, -0.1) is 5.10 Å². The lowest BCUT2D eigenvalue weighted by Gasteiger charge is -1.82. The molecule has 5 nitrogen and oxygen atoms in total. The molecule has 10 heavy (non-hydrogen) atoms. The standard InChI is InChI=1S/C4H6N4OS/c1-2(9)10-4-6-3(5)7-8-4/h1H3,(H3,5,6,7,8). The summed E-state index contributed by atoms with van der Waals surface area (Å²) in [5, 5.41) is 6.36. The largest absolute Gasteiger partial charge is 0.368 e. The van der Waals surface area contributed by atoms with Crippen LogP contribution >= 0.6 is 11.8 Å². The summed E-state index contributed by atoms with van der Waals surface area (Å²) in [5.41, 5.74) is 5.20. The van der Waals surface area contributed by atoms with E-state index in [2.05, 4.69) is 15.2 Å². The normalized spacial score (nSPS) is 9.70. The quantitative estimate of drug-likeness (QED) is 0.563. The average Bonchev–Trinajstić information content (AvgIpc) is 2.13. The Bertz CT molecular complexity index is 245. The van der Waals surface area contributed by atoms with Crippen LogP contribution in [-0.4, -0.2) is 20.3 Å². The molecule has 0 aliphatic rings. The molecule has 0 amide bonds. The minimum absolute atomic E-state index is 0.0565. The van der Waals surface area contributed by atoms with Crippen LogP contribution in [0.4, 0.5) is 5.95 Å². The molecule has 0 spiro atoms. The molecular weight excluding hydrogens is 152 g/mol. The van der Waals surface area contributed by atoms with Gasteiger partial charge in [0.05, 0.1) is 0 Å². The smallest absolute Gasteiger partial charge is 0.217 e. The van der Waals surface area contributed by atoms with Gasteiger partial charge in [0, 0.05) is 6.92 Å². The highest BCUT2D eigenvalue weighted by atomic mass is 32.2. The number of hydrogen-bond acceptors (Lipinski definition) is 5. The molecule has 0 fully saturated rings. The van der Waals surface area contributed by atoms with Gasteiger partial charge in [-0.3, -0.25) is 4.79 Å². The predicted octanol–water partition coefficient (Wildman–Crippen LogP) is 0.0255. The number of nitrogen functional groups attached to an aromatic ring is 1. The van der Waals surface area contributed by atoms with Crippen LogP contribution in [0.15, 0.2) is 5.16 Å². The topological polar surface area (TPSA) is 84.7 Å². The lowest BCUT2D eigenvalue weighted by Crippen LogP contribution is -1.85. The monoisotopic (exact) mass is 158 g/mol. The number of anilines is 1. The van der Waals surface area contributed by atoms with Crippen molar-refractivity contribution in [2.75, 3.05) is 5.73 Å². The fourth-order valence-electron chi connectivity index (χ4n) is 0.432. The fraction of sp³-hybridized carbons (Fsp3) is 0.250. The zero-order valence-electron chi connectivity index (χ0n) is 5.29. The lowest BCUT2D eigenvalue weighted by atomic mass is 10.9. The van der Waals surface area contributed by atoms with Crippen LogP contribution in [0, 0.1) is 0 Å². The van der Waals surface area contributed by atoms with Crippen LogP contribution in [0.3, 0.4) is 0 Å². The van der Waals surface area contributed by atoms with Gasteiger partial charge < -0.3 is 5.73 Å². The Morgan fingerprint density at radius 1 is 1.80 bits per heavy atom. The maximum Gasteiger partial charge on any atom is 0.217 e. The number of nitrogens with one attached hydrogen (secondary N) is 1. The summed E-state index contributed by atoms with van der Waals surface area (Å²) in [6, 6.07) is 0. The molecule has 1 rings (SSSR count). The molecule has 0 bridgehead atoms. The van der Waals surface area contributed by atoms with Crippen LogP contribution in [0.5, 0.6) is 0 Å². The molecule has 3 N–H and O–H groups in total. The number of aromatic amines is 1. The molecule has 0 aliphatic carbocycles. The van der Waals surface area contributed by atoms with Crippen molar-refractivity contribution < 1.29 is 4.79 Å². The van der Waals surface area contributed by atoms with Crippen molar-refractivity contribution in [3.8, 4) is 0 Å². The number of hydrogen-bond donors (Lipinski definition) is 2. The van der Waals surface area contributed by atoms with Crippen molar-refractivity contribution in [1.29, 1.82) is 0 Å². The van der Waals surface area contributed by atoms with Gasteiger partial charge in [-0.2, -0.15) is 4.98 Å². The van der Waals surface area contributed by atoms with Crippen molar-refractivity contribution in [1.82, 2.24) is 15.2 Å². The summed E-state index contributed by atoms with van der Waals surface area (Å²) in [6.07, 6.45) is 0. The van der Waals surface area contributed by atoms with Gasteiger partial charge in [0.1, 0.15) is 0 Å². The molecule has 0 aliphatic heterocycles. The Morgan fingerprint density at radius 3 is 2.90 bits per heavy atom. The van der Waals surface area contributed by atoms with E-state index in [0.717, 1.165) is 11.8 Å². The number of thioether (sulfide) groups is 1. The highest BCUT2D eigenvalue weighted by molar-refractivity contribution is 8.13. The van der Waals surface area contributed by atoms with Gasteiger partial charge in [-0.1, -0.05) is 0 Å². The summed E-state index contributed by atoms with van der Waals surface area (Å²) in [7, 11) is 0. The molecule has 0 unspecified atom stereocenters.